The number of ketones is 1. The lowest BCUT2D eigenvalue weighted by molar-refractivity contribution is -0.129. The van der Waals surface area contributed by atoms with Gasteiger partial charge in [0, 0.05) is 11.8 Å². The van der Waals surface area contributed by atoms with Crippen LogP contribution in [0.25, 0.3) is 0 Å². The molecule has 0 N–H and O–H groups in total. The highest BCUT2D eigenvalue weighted by molar-refractivity contribution is 5.83. The Hall–Kier alpha value is -0.330. The summed E-state index contributed by atoms with van der Waals surface area (Å²) in [5.74, 6) is 1.72. The summed E-state index contributed by atoms with van der Waals surface area (Å²) in [5, 5.41) is 0. The first-order valence-electron chi connectivity index (χ1n) is 4.66. The summed E-state index contributed by atoms with van der Waals surface area (Å²) in [6, 6.07) is 0. The Kier molecular flexibility index (Phi) is 2.69. The third kappa shape index (κ3) is 1.82. The van der Waals surface area contributed by atoms with E-state index in [9.17, 15) is 4.79 Å². The normalized spacial score (nSPS) is 21.5. The van der Waals surface area contributed by atoms with E-state index in [1.807, 2.05) is 0 Å². The maximum Gasteiger partial charge on any atom is 0.139 e. The Labute approximate surface area is 69.2 Å². The van der Waals surface area contributed by atoms with E-state index in [1.165, 1.54) is 6.42 Å². The quantitative estimate of drug-likeness (QED) is 0.610. The van der Waals surface area contributed by atoms with Crippen molar-refractivity contribution in [1.29, 1.82) is 0 Å². The zero-order valence-electron chi connectivity index (χ0n) is 7.76. The molecule has 0 saturated heterocycles. The monoisotopic (exact) mass is 154 g/mol. The van der Waals surface area contributed by atoms with E-state index >= 15 is 0 Å². The molecule has 0 bridgehead atoms. The van der Waals surface area contributed by atoms with Gasteiger partial charge in [-0.05, 0) is 18.8 Å². The van der Waals surface area contributed by atoms with Gasteiger partial charge in [0.05, 0.1) is 0 Å². The van der Waals surface area contributed by atoms with Crippen molar-refractivity contribution in [2.24, 2.45) is 17.8 Å². The molecule has 64 valence electrons. The fraction of sp³-hybridized carbons (Fsp3) is 0.900. The average molecular weight is 154 g/mol. The number of rotatable bonds is 3. The van der Waals surface area contributed by atoms with Gasteiger partial charge >= 0.3 is 0 Å². The van der Waals surface area contributed by atoms with Gasteiger partial charge in [-0.3, -0.25) is 4.79 Å². The van der Waals surface area contributed by atoms with Crippen molar-refractivity contribution in [1.82, 2.24) is 0 Å². The largest absolute Gasteiger partial charge is 0.299 e. The summed E-state index contributed by atoms with van der Waals surface area (Å²) in [7, 11) is 0. The third-order valence-corrected chi connectivity index (χ3v) is 2.96. The van der Waals surface area contributed by atoms with E-state index < -0.39 is 0 Å². The minimum Gasteiger partial charge on any atom is -0.299 e. The molecule has 1 rings (SSSR count). The molecule has 1 nitrogen and oxygen atoms in total. The number of Topliss-reactive ketones (excluding diaryl/α,β-unsaturated/α-hetero) is 1. The summed E-state index contributed by atoms with van der Waals surface area (Å²) >= 11 is 0. The van der Waals surface area contributed by atoms with Crippen LogP contribution in [-0.4, -0.2) is 5.78 Å². The molecule has 1 fully saturated rings. The standard InChI is InChI=1S/C10H18O/c1-7(2)8(3)10(11)9-5-4-6-9/h7-9H,4-6H2,1-3H3. The highest BCUT2D eigenvalue weighted by atomic mass is 16.1. The zero-order valence-corrected chi connectivity index (χ0v) is 7.76. The van der Waals surface area contributed by atoms with Crippen LogP contribution in [0, 0.1) is 17.8 Å². The van der Waals surface area contributed by atoms with Gasteiger partial charge in [-0.2, -0.15) is 0 Å². The van der Waals surface area contributed by atoms with Crippen LogP contribution in [0.15, 0.2) is 0 Å². The summed E-state index contributed by atoms with van der Waals surface area (Å²) < 4.78 is 0. The molecule has 0 aliphatic heterocycles. The number of hydrogen-bond acceptors (Lipinski definition) is 1. The molecule has 0 spiro atoms. The van der Waals surface area contributed by atoms with Gasteiger partial charge in [-0.25, -0.2) is 0 Å². The Bertz CT molecular complexity index is 145. The van der Waals surface area contributed by atoms with Gasteiger partial charge in [0.1, 0.15) is 5.78 Å². The summed E-state index contributed by atoms with van der Waals surface area (Å²) in [5.41, 5.74) is 0. The molecule has 1 saturated carbocycles. The number of carbonyl (C=O) groups is 1. The van der Waals surface area contributed by atoms with Crippen LogP contribution < -0.4 is 0 Å². The average Bonchev–Trinajstić information content (AvgIpc) is 1.82. The minimum absolute atomic E-state index is 0.278. The molecule has 0 aromatic carbocycles. The second-order valence-electron chi connectivity index (χ2n) is 4.06. The van der Waals surface area contributed by atoms with Gasteiger partial charge in [0.15, 0.2) is 0 Å². The lowest BCUT2D eigenvalue weighted by Crippen LogP contribution is -2.29. The highest BCUT2D eigenvalue weighted by Gasteiger charge is 2.29. The summed E-state index contributed by atoms with van der Waals surface area (Å²) in [6.07, 6.45) is 3.56. The van der Waals surface area contributed by atoms with E-state index in [-0.39, 0.29) is 5.92 Å². The van der Waals surface area contributed by atoms with Crippen LogP contribution in [0.3, 0.4) is 0 Å². The van der Waals surface area contributed by atoms with Crippen molar-refractivity contribution >= 4 is 5.78 Å². The van der Waals surface area contributed by atoms with Gasteiger partial charge in [0.25, 0.3) is 0 Å². The lowest BCUT2D eigenvalue weighted by Gasteiger charge is -2.28. The molecule has 1 heteroatoms. The lowest BCUT2D eigenvalue weighted by atomic mass is 9.76. The Balaban J connectivity index is 2.39. The van der Waals surface area contributed by atoms with Crippen LogP contribution >= 0.6 is 0 Å². The fourth-order valence-electron chi connectivity index (χ4n) is 1.39. The van der Waals surface area contributed by atoms with Crippen molar-refractivity contribution in [3.8, 4) is 0 Å². The maximum absolute atomic E-state index is 11.6. The van der Waals surface area contributed by atoms with Crippen LogP contribution in [0.5, 0.6) is 0 Å². The smallest absolute Gasteiger partial charge is 0.139 e. The van der Waals surface area contributed by atoms with Crippen LogP contribution in [0.2, 0.25) is 0 Å². The van der Waals surface area contributed by atoms with Crippen LogP contribution in [-0.2, 0) is 4.79 Å². The van der Waals surface area contributed by atoms with Gasteiger partial charge in [-0.1, -0.05) is 27.2 Å². The SMILES string of the molecule is CC(C)C(C)C(=O)C1CCC1. The molecular weight excluding hydrogens is 136 g/mol. The second-order valence-corrected chi connectivity index (χ2v) is 4.06. The molecule has 1 aliphatic carbocycles. The molecule has 1 aliphatic rings. The van der Waals surface area contributed by atoms with Crippen LogP contribution in [0.4, 0.5) is 0 Å². The molecular formula is C10H18O. The van der Waals surface area contributed by atoms with E-state index in [2.05, 4.69) is 20.8 Å². The van der Waals surface area contributed by atoms with Crippen molar-refractivity contribution in [2.45, 2.75) is 40.0 Å². The van der Waals surface area contributed by atoms with Gasteiger partial charge in [0.2, 0.25) is 0 Å². The van der Waals surface area contributed by atoms with E-state index in [0.717, 1.165) is 12.8 Å². The third-order valence-electron chi connectivity index (χ3n) is 2.96. The highest BCUT2D eigenvalue weighted by Crippen LogP contribution is 2.31. The Morgan fingerprint density at radius 1 is 1.27 bits per heavy atom. The maximum atomic E-state index is 11.6. The van der Waals surface area contributed by atoms with E-state index in [1.54, 1.807) is 0 Å². The molecule has 0 aromatic heterocycles. The first-order valence-corrected chi connectivity index (χ1v) is 4.66. The van der Waals surface area contributed by atoms with Crippen LogP contribution in [0.1, 0.15) is 40.0 Å². The van der Waals surface area contributed by atoms with Gasteiger partial charge < -0.3 is 0 Å². The number of carbonyl (C=O) groups excluding carboxylic acids is 1. The van der Waals surface area contributed by atoms with E-state index in [0.29, 0.717) is 17.6 Å². The van der Waals surface area contributed by atoms with Crippen molar-refractivity contribution in [2.75, 3.05) is 0 Å². The summed E-state index contributed by atoms with van der Waals surface area (Å²) in [4.78, 5) is 11.6. The van der Waals surface area contributed by atoms with Crippen molar-refractivity contribution in [3.05, 3.63) is 0 Å². The van der Waals surface area contributed by atoms with E-state index in [4.69, 9.17) is 0 Å². The Morgan fingerprint density at radius 2 is 1.82 bits per heavy atom. The molecule has 0 heterocycles. The predicted molar refractivity (Wildman–Crippen MR) is 46.4 cm³/mol. The molecule has 0 aromatic rings. The molecule has 0 radical (unpaired) electrons. The predicted octanol–water partition coefficient (Wildman–Crippen LogP) is 2.65. The first-order chi connectivity index (χ1) is 5.13. The number of hydrogen-bond donors (Lipinski definition) is 0. The molecule has 0 amide bonds. The second kappa shape index (κ2) is 3.38. The van der Waals surface area contributed by atoms with Crippen molar-refractivity contribution < 1.29 is 4.79 Å². The molecule has 11 heavy (non-hydrogen) atoms. The van der Waals surface area contributed by atoms with Crippen molar-refractivity contribution in [3.63, 3.8) is 0 Å². The Morgan fingerprint density at radius 3 is 2.09 bits per heavy atom. The topological polar surface area (TPSA) is 17.1 Å². The zero-order chi connectivity index (χ0) is 8.43. The van der Waals surface area contributed by atoms with Gasteiger partial charge in [-0.15, -0.1) is 0 Å². The first kappa shape index (κ1) is 8.76. The molecule has 1 atom stereocenters. The molecule has 1 unspecified atom stereocenters. The minimum atomic E-state index is 0.278. The summed E-state index contributed by atoms with van der Waals surface area (Å²) in [6.45, 7) is 6.31. The fourth-order valence-corrected chi connectivity index (χ4v) is 1.39.